The van der Waals surface area contributed by atoms with Crippen molar-refractivity contribution in [2.45, 2.75) is 31.7 Å². The summed E-state index contributed by atoms with van der Waals surface area (Å²) in [7, 11) is 0. The number of aliphatic hydroxyl groups is 1. The Morgan fingerprint density at radius 2 is 2.00 bits per heavy atom. The molecule has 0 aliphatic heterocycles. The lowest BCUT2D eigenvalue weighted by Crippen LogP contribution is -2.37. The Kier molecular flexibility index (Phi) is 5.27. The summed E-state index contributed by atoms with van der Waals surface area (Å²) < 4.78 is 39.6. The van der Waals surface area contributed by atoms with Crippen molar-refractivity contribution in [2.24, 2.45) is 5.73 Å². The summed E-state index contributed by atoms with van der Waals surface area (Å²) in [4.78, 5) is 0. The van der Waals surface area contributed by atoms with Crippen molar-refractivity contribution in [3.05, 3.63) is 0 Å². The third-order valence-electron chi connectivity index (χ3n) is 1.48. The molecule has 0 bridgehead atoms. The predicted octanol–water partition coefficient (Wildman–Crippen LogP) is 0.663. The summed E-state index contributed by atoms with van der Waals surface area (Å²) in [5.41, 5.74) is 5.33. The van der Waals surface area contributed by atoms with Crippen LogP contribution in [0.3, 0.4) is 0 Å². The van der Waals surface area contributed by atoms with E-state index in [2.05, 4.69) is 0 Å². The molecule has 0 aliphatic rings. The number of nitrogens with two attached hydrogens (primary N) is 1. The highest BCUT2D eigenvalue weighted by Gasteiger charge is 2.27. The molecule has 0 radical (unpaired) electrons. The molecule has 0 rings (SSSR count). The Hall–Kier alpha value is -0.330. The zero-order valence-corrected chi connectivity index (χ0v) is 7.34. The molecule has 0 saturated carbocycles. The zero-order chi connectivity index (χ0) is 10.5. The van der Waals surface area contributed by atoms with Gasteiger partial charge in [0.2, 0.25) is 0 Å². The summed E-state index contributed by atoms with van der Waals surface area (Å²) in [6.45, 7) is 0.736. The van der Waals surface area contributed by atoms with Gasteiger partial charge >= 0.3 is 6.18 Å². The Balaban J connectivity index is 3.62. The van der Waals surface area contributed by atoms with E-state index in [1.54, 1.807) is 6.92 Å². The molecule has 3 N–H and O–H groups in total. The van der Waals surface area contributed by atoms with Crippen LogP contribution in [0.1, 0.15) is 13.3 Å². The van der Waals surface area contributed by atoms with Gasteiger partial charge in [0.25, 0.3) is 0 Å². The van der Waals surface area contributed by atoms with Crippen molar-refractivity contribution in [1.82, 2.24) is 0 Å². The van der Waals surface area contributed by atoms with Crippen LogP contribution >= 0.6 is 0 Å². The number of alkyl halides is 3. The lowest BCUT2D eigenvalue weighted by molar-refractivity contribution is -0.151. The Morgan fingerprint density at radius 1 is 1.46 bits per heavy atom. The highest BCUT2D eigenvalue weighted by Crippen LogP contribution is 2.19. The molecule has 0 aromatic carbocycles. The van der Waals surface area contributed by atoms with Crippen LogP contribution in [0.25, 0.3) is 0 Å². The van der Waals surface area contributed by atoms with Gasteiger partial charge in [-0.3, -0.25) is 0 Å². The lowest BCUT2D eigenvalue weighted by Gasteiger charge is -2.19. The molecule has 6 heteroatoms. The average molecular weight is 201 g/mol. The van der Waals surface area contributed by atoms with Gasteiger partial charge in [0.15, 0.2) is 0 Å². The van der Waals surface area contributed by atoms with E-state index in [-0.39, 0.29) is 6.61 Å². The maximum Gasteiger partial charge on any atom is 0.391 e. The van der Waals surface area contributed by atoms with E-state index in [0.29, 0.717) is 0 Å². The second-order valence-electron chi connectivity index (χ2n) is 2.82. The molecule has 80 valence electrons. The van der Waals surface area contributed by atoms with Gasteiger partial charge in [-0.15, -0.1) is 0 Å². The molecule has 13 heavy (non-hydrogen) atoms. The molecule has 0 saturated heterocycles. The number of rotatable bonds is 5. The van der Waals surface area contributed by atoms with Gasteiger partial charge < -0.3 is 15.6 Å². The normalized spacial score (nSPS) is 17.1. The van der Waals surface area contributed by atoms with Crippen molar-refractivity contribution in [2.75, 3.05) is 13.2 Å². The molecule has 0 amide bonds. The van der Waals surface area contributed by atoms with E-state index >= 15 is 0 Å². The summed E-state index contributed by atoms with van der Waals surface area (Å²) in [6.07, 6.45) is -5.96. The molecular formula is C7H14F3NO2. The van der Waals surface area contributed by atoms with Crippen LogP contribution in [0.15, 0.2) is 0 Å². The first-order valence-corrected chi connectivity index (χ1v) is 3.91. The van der Waals surface area contributed by atoms with Crippen LogP contribution in [0, 0.1) is 0 Å². The fourth-order valence-corrected chi connectivity index (χ4v) is 0.697. The quantitative estimate of drug-likeness (QED) is 0.687. The van der Waals surface area contributed by atoms with Crippen LogP contribution in [-0.4, -0.2) is 36.6 Å². The van der Waals surface area contributed by atoms with E-state index in [4.69, 9.17) is 15.6 Å². The second kappa shape index (κ2) is 5.41. The van der Waals surface area contributed by atoms with E-state index in [0.717, 1.165) is 0 Å². The monoisotopic (exact) mass is 201 g/mol. The minimum Gasteiger partial charge on any atom is -0.394 e. The smallest absolute Gasteiger partial charge is 0.391 e. The number of halogens is 3. The molecule has 0 aromatic rings. The van der Waals surface area contributed by atoms with Crippen LogP contribution in [0.2, 0.25) is 0 Å². The highest BCUT2D eigenvalue weighted by molar-refractivity contribution is 4.67. The Morgan fingerprint density at radius 3 is 2.31 bits per heavy atom. The van der Waals surface area contributed by atoms with E-state index < -0.39 is 31.3 Å². The summed E-state index contributed by atoms with van der Waals surface area (Å²) >= 11 is 0. The molecule has 2 atom stereocenters. The van der Waals surface area contributed by atoms with E-state index in [1.165, 1.54) is 0 Å². The number of hydrogen-bond donors (Lipinski definition) is 2. The lowest BCUT2D eigenvalue weighted by atomic mass is 10.2. The SMILES string of the molecule is CC(N)C(CO)OCCC(F)(F)F. The maximum atomic E-state index is 11.6. The maximum absolute atomic E-state index is 11.6. The van der Waals surface area contributed by atoms with E-state index in [9.17, 15) is 13.2 Å². The number of hydrogen-bond acceptors (Lipinski definition) is 3. The largest absolute Gasteiger partial charge is 0.394 e. The van der Waals surface area contributed by atoms with Crippen LogP contribution in [-0.2, 0) is 4.74 Å². The van der Waals surface area contributed by atoms with Crippen molar-refractivity contribution in [3.63, 3.8) is 0 Å². The summed E-state index contributed by atoms with van der Waals surface area (Å²) in [5.74, 6) is 0. The van der Waals surface area contributed by atoms with Gasteiger partial charge in [0, 0.05) is 6.04 Å². The first-order valence-electron chi connectivity index (χ1n) is 3.91. The second-order valence-corrected chi connectivity index (χ2v) is 2.82. The fourth-order valence-electron chi connectivity index (χ4n) is 0.697. The molecule has 0 aromatic heterocycles. The summed E-state index contributed by atoms with van der Waals surface area (Å²) in [6, 6.07) is -0.474. The molecule has 0 heterocycles. The van der Waals surface area contributed by atoms with Gasteiger partial charge in [-0.2, -0.15) is 13.2 Å². The molecule has 0 fully saturated rings. The van der Waals surface area contributed by atoms with Gasteiger partial charge in [-0.05, 0) is 6.92 Å². The van der Waals surface area contributed by atoms with Crippen molar-refractivity contribution in [1.29, 1.82) is 0 Å². The van der Waals surface area contributed by atoms with E-state index in [1.807, 2.05) is 0 Å². The topological polar surface area (TPSA) is 55.5 Å². The van der Waals surface area contributed by atoms with Crippen molar-refractivity contribution < 1.29 is 23.0 Å². The minimum atomic E-state index is -4.22. The number of aliphatic hydroxyl groups excluding tert-OH is 1. The third-order valence-corrected chi connectivity index (χ3v) is 1.48. The first kappa shape index (κ1) is 12.7. The Labute approximate surface area is 74.7 Å². The van der Waals surface area contributed by atoms with Crippen LogP contribution in [0.5, 0.6) is 0 Å². The van der Waals surface area contributed by atoms with Crippen LogP contribution < -0.4 is 5.73 Å². The first-order chi connectivity index (χ1) is 5.87. The predicted molar refractivity (Wildman–Crippen MR) is 41.1 cm³/mol. The van der Waals surface area contributed by atoms with Gasteiger partial charge in [0.05, 0.1) is 25.7 Å². The number of ether oxygens (including phenoxy) is 1. The standard InChI is InChI=1S/C7H14F3NO2/c1-5(11)6(4-12)13-3-2-7(8,9)10/h5-6,12H,2-4,11H2,1H3. The van der Waals surface area contributed by atoms with Gasteiger partial charge in [-0.1, -0.05) is 0 Å². The summed E-state index contributed by atoms with van der Waals surface area (Å²) in [5, 5.41) is 8.64. The molecule has 0 spiro atoms. The molecule has 0 aliphatic carbocycles. The average Bonchev–Trinajstić information content (AvgIpc) is 1.95. The highest BCUT2D eigenvalue weighted by atomic mass is 19.4. The Bertz CT molecular complexity index is 138. The third kappa shape index (κ3) is 6.80. The van der Waals surface area contributed by atoms with Crippen LogP contribution in [0.4, 0.5) is 13.2 Å². The molecule has 3 nitrogen and oxygen atoms in total. The van der Waals surface area contributed by atoms with Gasteiger partial charge in [-0.25, -0.2) is 0 Å². The van der Waals surface area contributed by atoms with Gasteiger partial charge in [0.1, 0.15) is 0 Å². The van der Waals surface area contributed by atoms with Crippen molar-refractivity contribution >= 4 is 0 Å². The fraction of sp³-hybridized carbons (Fsp3) is 1.00. The molecule has 2 unspecified atom stereocenters. The van der Waals surface area contributed by atoms with Crippen molar-refractivity contribution in [3.8, 4) is 0 Å². The zero-order valence-electron chi connectivity index (χ0n) is 7.34. The minimum absolute atomic E-state index is 0.366. The molecular weight excluding hydrogens is 187 g/mol.